The van der Waals surface area contributed by atoms with Gasteiger partial charge in [-0.3, -0.25) is 9.59 Å². The molecule has 1 atom stereocenters. The summed E-state index contributed by atoms with van der Waals surface area (Å²) in [5.74, 6) is 0.370. The molecule has 0 heterocycles. The van der Waals surface area contributed by atoms with Crippen molar-refractivity contribution in [1.29, 1.82) is 0 Å². The Hall–Kier alpha value is -3.12. The third kappa shape index (κ3) is 8.23. The molecule has 0 spiro atoms. The van der Waals surface area contributed by atoms with Gasteiger partial charge in [0.25, 0.3) is 0 Å². The highest BCUT2D eigenvalue weighted by Crippen LogP contribution is 2.20. The van der Waals surface area contributed by atoms with Crippen molar-refractivity contribution >= 4 is 23.6 Å². The molecule has 0 radical (unpaired) electrons. The molecular weight excluding hydrogens is 471 g/mol. The fourth-order valence-electron chi connectivity index (χ4n) is 3.89. The molecule has 190 valence electrons. The van der Waals surface area contributed by atoms with Crippen molar-refractivity contribution < 1.29 is 14.0 Å². The van der Waals surface area contributed by atoms with Gasteiger partial charge in [0.15, 0.2) is 0 Å². The van der Waals surface area contributed by atoms with Gasteiger partial charge in [-0.15, -0.1) is 11.8 Å². The van der Waals surface area contributed by atoms with Crippen molar-refractivity contribution in [3.8, 4) is 0 Å². The van der Waals surface area contributed by atoms with Crippen LogP contribution in [0.4, 0.5) is 4.39 Å². The average molecular weight is 507 g/mol. The third-order valence-corrected chi connectivity index (χ3v) is 6.96. The van der Waals surface area contributed by atoms with Crippen LogP contribution in [-0.2, 0) is 28.3 Å². The number of thioether (sulfide) groups is 1. The van der Waals surface area contributed by atoms with Gasteiger partial charge >= 0.3 is 0 Å². The number of halogens is 1. The Morgan fingerprint density at radius 1 is 0.917 bits per heavy atom. The molecule has 1 N–H and O–H groups in total. The van der Waals surface area contributed by atoms with Gasteiger partial charge in [0.1, 0.15) is 11.9 Å². The van der Waals surface area contributed by atoms with Crippen LogP contribution in [0.1, 0.15) is 36.1 Å². The summed E-state index contributed by atoms with van der Waals surface area (Å²) in [5, 5.41) is 2.99. The van der Waals surface area contributed by atoms with E-state index in [9.17, 15) is 14.0 Å². The molecule has 0 aliphatic heterocycles. The molecule has 2 amide bonds. The fraction of sp³-hybridized carbons (Fsp3) is 0.333. The lowest BCUT2D eigenvalue weighted by Gasteiger charge is -2.32. The van der Waals surface area contributed by atoms with Gasteiger partial charge in [0.05, 0.1) is 5.75 Å². The molecule has 36 heavy (non-hydrogen) atoms. The molecule has 0 bridgehead atoms. The maximum Gasteiger partial charge on any atom is 0.243 e. The van der Waals surface area contributed by atoms with E-state index in [2.05, 4.69) is 24.4 Å². The zero-order valence-corrected chi connectivity index (χ0v) is 22.1. The summed E-state index contributed by atoms with van der Waals surface area (Å²) in [6.45, 7) is 6.64. The number of amides is 2. The highest BCUT2D eigenvalue weighted by atomic mass is 32.2. The van der Waals surface area contributed by atoms with Crippen LogP contribution in [0.25, 0.3) is 0 Å². The summed E-state index contributed by atoms with van der Waals surface area (Å²) in [6, 6.07) is 23.4. The summed E-state index contributed by atoms with van der Waals surface area (Å²) in [5.41, 5.74) is 3.69. The topological polar surface area (TPSA) is 49.4 Å². The quantitative estimate of drug-likeness (QED) is 0.339. The largest absolute Gasteiger partial charge is 0.354 e. The van der Waals surface area contributed by atoms with Gasteiger partial charge in [-0.1, -0.05) is 86.6 Å². The van der Waals surface area contributed by atoms with Crippen molar-refractivity contribution in [2.45, 2.75) is 45.5 Å². The summed E-state index contributed by atoms with van der Waals surface area (Å²) >= 11 is 1.51. The van der Waals surface area contributed by atoms with Gasteiger partial charge in [0, 0.05) is 30.8 Å². The minimum Gasteiger partial charge on any atom is -0.354 e. The molecule has 0 unspecified atom stereocenters. The number of aryl methyl sites for hydroxylation is 1. The first-order chi connectivity index (χ1) is 17.3. The van der Waals surface area contributed by atoms with Crippen LogP contribution in [0, 0.1) is 18.7 Å². The Morgan fingerprint density at radius 3 is 2.22 bits per heavy atom. The van der Waals surface area contributed by atoms with E-state index in [1.807, 2.05) is 56.3 Å². The van der Waals surface area contributed by atoms with E-state index in [-0.39, 0.29) is 35.8 Å². The highest BCUT2D eigenvalue weighted by molar-refractivity contribution is 7.99. The molecule has 3 rings (SSSR count). The standard InChI is InChI=1S/C30H35FN2O2S/c1-22(2)18-32-30(35)28(17-24-12-5-4-6-13-24)33(19-25-14-9-10-16-27(25)31)29(34)21-36-20-26-15-8-7-11-23(26)3/h4-16,22,28H,17-21H2,1-3H3,(H,32,35)/t28-/m0/s1. The van der Waals surface area contributed by atoms with Crippen LogP contribution in [0.15, 0.2) is 78.9 Å². The van der Waals surface area contributed by atoms with E-state index in [4.69, 9.17) is 0 Å². The highest BCUT2D eigenvalue weighted by Gasteiger charge is 2.30. The van der Waals surface area contributed by atoms with Gasteiger partial charge in [0.2, 0.25) is 11.8 Å². The van der Waals surface area contributed by atoms with E-state index in [1.165, 1.54) is 29.0 Å². The number of benzene rings is 3. The minimum atomic E-state index is -0.752. The molecule has 0 saturated carbocycles. The number of carbonyl (C=O) groups is 2. The Morgan fingerprint density at radius 2 is 1.56 bits per heavy atom. The van der Waals surface area contributed by atoms with Gasteiger partial charge < -0.3 is 10.2 Å². The predicted molar refractivity (Wildman–Crippen MR) is 146 cm³/mol. The second-order valence-corrected chi connectivity index (χ2v) is 10.4. The lowest BCUT2D eigenvalue weighted by atomic mass is 10.0. The van der Waals surface area contributed by atoms with Crippen molar-refractivity contribution in [2.24, 2.45) is 5.92 Å². The van der Waals surface area contributed by atoms with Crippen molar-refractivity contribution in [1.82, 2.24) is 10.2 Å². The lowest BCUT2D eigenvalue weighted by Crippen LogP contribution is -2.51. The summed E-state index contributed by atoms with van der Waals surface area (Å²) in [6.07, 6.45) is 0.355. The fourth-order valence-corrected chi connectivity index (χ4v) is 4.88. The molecule has 0 aliphatic carbocycles. The first kappa shape index (κ1) is 27.5. The van der Waals surface area contributed by atoms with E-state index in [0.29, 0.717) is 24.3 Å². The summed E-state index contributed by atoms with van der Waals surface area (Å²) < 4.78 is 14.6. The number of hydrogen-bond acceptors (Lipinski definition) is 3. The zero-order valence-electron chi connectivity index (χ0n) is 21.2. The maximum absolute atomic E-state index is 14.6. The average Bonchev–Trinajstić information content (AvgIpc) is 2.87. The molecule has 3 aromatic carbocycles. The Balaban J connectivity index is 1.86. The smallest absolute Gasteiger partial charge is 0.243 e. The molecular formula is C30H35FN2O2S. The van der Waals surface area contributed by atoms with Gasteiger partial charge in [-0.05, 0) is 35.6 Å². The van der Waals surface area contributed by atoms with E-state index >= 15 is 0 Å². The molecule has 0 fully saturated rings. The monoisotopic (exact) mass is 506 g/mol. The Bertz CT molecular complexity index is 1140. The number of carbonyl (C=O) groups excluding carboxylic acids is 2. The van der Waals surface area contributed by atoms with Crippen LogP contribution in [0.5, 0.6) is 0 Å². The minimum absolute atomic E-state index is 0.0308. The van der Waals surface area contributed by atoms with Crippen LogP contribution in [-0.4, -0.2) is 35.1 Å². The van der Waals surface area contributed by atoms with Gasteiger partial charge in [-0.2, -0.15) is 0 Å². The van der Waals surface area contributed by atoms with Crippen LogP contribution in [0.2, 0.25) is 0 Å². The predicted octanol–water partition coefficient (Wildman–Crippen LogP) is 5.78. The molecule has 4 nitrogen and oxygen atoms in total. The molecule has 0 saturated heterocycles. The first-order valence-corrected chi connectivity index (χ1v) is 13.5. The second-order valence-electron chi connectivity index (χ2n) is 9.38. The second kappa shape index (κ2) is 13.8. The molecule has 0 aliphatic rings. The van der Waals surface area contributed by atoms with E-state index in [0.717, 1.165) is 5.56 Å². The lowest BCUT2D eigenvalue weighted by molar-refractivity contribution is -0.139. The van der Waals surface area contributed by atoms with Crippen LogP contribution >= 0.6 is 11.8 Å². The Kier molecular flexibility index (Phi) is 10.6. The maximum atomic E-state index is 14.6. The zero-order chi connectivity index (χ0) is 25.9. The Labute approximate surface area is 218 Å². The first-order valence-electron chi connectivity index (χ1n) is 12.3. The summed E-state index contributed by atoms with van der Waals surface area (Å²) in [7, 11) is 0. The SMILES string of the molecule is Cc1ccccc1CSCC(=O)N(Cc1ccccc1F)[C@@H](Cc1ccccc1)C(=O)NCC(C)C. The number of nitrogens with one attached hydrogen (secondary N) is 1. The van der Waals surface area contributed by atoms with Crippen molar-refractivity contribution in [2.75, 3.05) is 12.3 Å². The van der Waals surface area contributed by atoms with Crippen molar-refractivity contribution in [3.63, 3.8) is 0 Å². The third-order valence-electron chi connectivity index (χ3n) is 6.00. The number of hydrogen-bond donors (Lipinski definition) is 1. The molecule has 3 aromatic rings. The van der Waals surface area contributed by atoms with E-state index in [1.54, 1.807) is 23.1 Å². The number of nitrogens with zero attached hydrogens (tertiary/aromatic N) is 1. The summed E-state index contributed by atoms with van der Waals surface area (Å²) in [4.78, 5) is 28.6. The van der Waals surface area contributed by atoms with Crippen LogP contribution < -0.4 is 5.32 Å². The molecule has 6 heteroatoms. The van der Waals surface area contributed by atoms with Crippen molar-refractivity contribution in [3.05, 3.63) is 107 Å². The number of rotatable bonds is 12. The van der Waals surface area contributed by atoms with Gasteiger partial charge in [-0.25, -0.2) is 4.39 Å². The van der Waals surface area contributed by atoms with E-state index < -0.39 is 6.04 Å². The van der Waals surface area contributed by atoms with Crippen LogP contribution in [0.3, 0.4) is 0 Å². The normalized spacial score (nSPS) is 11.8. The molecule has 0 aromatic heterocycles.